The second-order valence-corrected chi connectivity index (χ2v) is 6.99. The number of hydrogen-bond acceptors (Lipinski definition) is 3. The van der Waals surface area contributed by atoms with Crippen molar-refractivity contribution in [3.8, 4) is 0 Å². The molecule has 1 aromatic carbocycles. The van der Waals surface area contributed by atoms with Crippen LogP contribution in [0.2, 0.25) is 10.0 Å². The SMILES string of the molecule is CC(Cc1ccc(Cl)cc1Cl)C(=O)NC(C(=O)O)C1CCCOC1. The molecule has 1 saturated heterocycles. The van der Waals surface area contributed by atoms with Crippen molar-refractivity contribution in [2.75, 3.05) is 13.2 Å². The lowest BCUT2D eigenvalue weighted by Crippen LogP contribution is -2.50. The van der Waals surface area contributed by atoms with Crippen molar-refractivity contribution in [3.63, 3.8) is 0 Å². The largest absolute Gasteiger partial charge is 0.480 e. The van der Waals surface area contributed by atoms with Gasteiger partial charge in [0.15, 0.2) is 0 Å². The van der Waals surface area contributed by atoms with Gasteiger partial charge in [0.05, 0.1) is 6.61 Å². The van der Waals surface area contributed by atoms with E-state index in [2.05, 4.69) is 5.32 Å². The maximum absolute atomic E-state index is 12.4. The molecule has 1 fully saturated rings. The molecule has 2 N–H and O–H groups in total. The summed E-state index contributed by atoms with van der Waals surface area (Å²) in [4.78, 5) is 23.9. The quantitative estimate of drug-likeness (QED) is 0.802. The van der Waals surface area contributed by atoms with Crippen LogP contribution in [0.3, 0.4) is 0 Å². The monoisotopic (exact) mass is 373 g/mol. The first-order valence-electron chi connectivity index (χ1n) is 7.93. The minimum Gasteiger partial charge on any atom is -0.480 e. The smallest absolute Gasteiger partial charge is 0.326 e. The number of carboxylic acid groups (broad SMARTS) is 1. The number of aliphatic carboxylic acids is 1. The lowest BCUT2D eigenvalue weighted by atomic mass is 9.92. The number of benzene rings is 1. The molecule has 0 saturated carbocycles. The van der Waals surface area contributed by atoms with E-state index in [4.69, 9.17) is 27.9 Å². The first kappa shape index (κ1) is 19.0. The highest BCUT2D eigenvalue weighted by Crippen LogP contribution is 2.24. The summed E-state index contributed by atoms with van der Waals surface area (Å²) in [6.07, 6.45) is 1.95. The number of ether oxygens (including phenoxy) is 1. The third-order valence-electron chi connectivity index (χ3n) is 4.22. The van der Waals surface area contributed by atoms with Crippen molar-refractivity contribution in [2.45, 2.75) is 32.2 Å². The summed E-state index contributed by atoms with van der Waals surface area (Å²) >= 11 is 12.0. The Kier molecular flexibility index (Phi) is 6.90. The highest BCUT2D eigenvalue weighted by molar-refractivity contribution is 6.35. The number of amides is 1. The lowest BCUT2D eigenvalue weighted by molar-refractivity contribution is -0.145. The zero-order valence-electron chi connectivity index (χ0n) is 13.4. The van der Waals surface area contributed by atoms with Gasteiger partial charge in [-0.1, -0.05) is 36.2 Å². The molecular weight excluding hydrogens is 353 g/mol. The Morgan fingerprint density at radius 1 is 1.42 bits per heavy atom. The highest BCUT2D eigenvalue weighted by Gasteiger charge is 2.32. The van der Waals surface area contributed by atoms with E-state index in [0.29, 0.717) is 29.7 Å². The molecule has 0 radical (unpaired) electrons. The number of carbonyl (C=O) groups is 2. The summed E-state index contributed by atoms with van der Waals surface area (Å²) in [7, 11) is 0. The van der Waals surface area contributed by atoms with E-state index in [1.807, 2.05) is 0 Å². The van der Waals surface area contributed by atoms with Crippen LogP contribution < -0.4 is 5.32 Å². The molecule has 0 spiro atoms. The van der Waals surface area contributed by atoms with E-state index in [0.717, 1.165) is 18.4 Å². The van der Waals surface area contributed by atoms with E-state index in [1.165, 1.54) is 0 Å². The Hall–Kier alpha value is -1.30. The van der Waals surface area contributed by atoms with Gasteiger partial charge in [0.25, 0.3) is 0 Å². The second-order valence-electron chi connectivity index (χ2n) is 6.14. The molecule has 132 valence electrons. The van der Waals surface area contributed by atoms with E-state index in [1.54, 1.807) is 25.1 Å². The molecule has 24 heavy (non-hydrogen) atoms. The molecular formula is C17H21Cl2NO4. The average molecular weight is 374 g/mol. The van der Waals surface area contributed by atoms with E-state index in [-0.39, 0.29) is 11.8 Å². The van der Waals surface area contributed by atoms with Gasteiger partial charge in [0.1, 0.15) is 6.04 Å². The average Bonchev–Trinajstić information content (AvgIpc) is 2.55. The minimum atomic E-state index is -1.03. The number of nitrogens with one attached hydrogen (secondary N) is 1. The van der Waals surface area contributed by atoms with Crippen LogP contribution in [0, 0.1) is 11.8 Å². The van der Waals surface area contributed by atoms with Crippen LogP contribution in [0.4, 0.5) is 0 Å². The Labute approximate surface area is 151 Å². The third-order valence-corrected chi connectivity index (χ3v) is 4.81. The fourth-order valence-electron chi connectivity index (χ4n) is 2.82. The van der Waals surface area contributed by atoms with Crippen LogP contribution in [0.1, 0.15) is 25.3 Å². The molecule has 1 amide bonds. The second kappa shape index (κ2) is 8.70. The van der Waals surface area contributed by atoms with Crippen LogP contribution in [-0.2, 0) is 20.7 Å². The van der Waals surface area contributed by atoms with E-state index >= 15 is 0 Å². The number of carbonyl (C=O) groups excluding carboxylic acids is 1. The van der Waals surface area contributed by atoms with Gasteiger partial charge in [0.2, 0.25) is 5.91 Å². The van der Waals surface area contributed by atoms with Crippen molar-refractivity contribution in [1.82, 2.24) is 5.32 Å². The molecule has 1 aliphatic rings. The fraction of sp³-hybridized carbons (Fsp3) is 0.529. The molecule has 1 heterocycles. The van der Waals surface area contributed by atoms with Gasteiger partial charge in [-0.05, 0) is 37.0 Å². The summed E-state index contributed by atoms with van der Waals surface area (Å²) < 4.78 is 5.33. The van der Waals surface area contributed by atoms with Crippen LogP contribution in [0.15, 0.2) is 18.2 Å². The van der Waals surface area contributed by atoms with Gasteiger partial charge in [-0.3, -0.25) is 4.79 Å². The molecule has 0 aromatic heterocycles. The van der Waals surface area contributed by atoms with Crippen molar-refractivity contribution in [1.29, 1.82) is 0 Å². The first-order chi connectivity index (χ1) is 11.4. The molecule has 0 bridgehead atoms. The Morgan fingerprint density at radius 3 is 2.75 bits per heavy atom. The highest BCUT2D eigenvalue weighted by atomic mass is 35.5. The summed E-state index contributed by atoms with van der Waals surface area (Å²) in [5, 5.41) is 13.1. The van der Waals surface area contributed by atoms with Crippen LogP contribution in [0.25, 0.3) is 0 Å². The number of rotatable bonds is 6. The standard InChI is InChI=1S/C17H21Cl2NO4/c1-10(7-11-4-5-13(18)8-14(11)19)16(21)20-15(17(22)23)12-3-2-6-24-9-12/h4-5,8,10,12,15H,2-3,6-7,9H2,1H3,(H,20,21)(H,22,23). The number of halogens is 2. The van der Waals surface area contributed by atoms with Gasteiger partial charge in [0, 0.05) is 28.5 Å². The Morgan fingerprint density at radius 2 is 2.17 bits per heavy atom. The third kappa shape index (κ3) is 5.10. The van der Waals surface area contributed by atoms with E-state index in [9.17, 15) is 14.7 Å². The normalized spacial score (nSPS) is 20.2. The fourth-order valence-corrected chi connectivity index (χ4v) is 3.30. The van der Waals surface area contributed by atoms with Crippen molar-refractivity contribution < 1.29 is 19.4 Å². The Bertz CT molecular complexity index is 602. The van der Waals surface area contributed by atoms with Gasteiger partial charge in [-0.2, -0.15) is 0 Å². The lowest BCUT2D eigenvalue weighted by Gasteiger charge is -2.29. The molecule has 3 unspecified atom stereocenters. The molecule has 0 aliphatic carbocycles. The van der Waals surface area contributed by atoms with Crippen molar-refractivity contribution in [2.24, 2.45) is 11.8 Å². The van der Waals surface area contributed by atoms with Gasteiger partial charge >= 0.3 is 5.97 Å². The zero-order chi connectivity index (χ0) is 17.7. The minimum absolute atomic E-state index is 0.202. The topological polar surface area (TPSA) is 75.6 Å². The summed E-state index contributed by atoms with van der Waals surface area (Å²) in [6.45, 7) is 2.74. The van der Waals surface area contributed by atoms with Crippen LogP contribution in [-0.4, -0.2) is 36.2 Å². The van der Waals surface area contributed by atoms with Crippen molar-refractivity contribution >= 4 is 35.1 Å². The van der Waals surface area contributed by atoms with Crippen LogP contribution >= 0.6 is 23.2 Å². The molecule has 5 nitrogen and oxygen atoms in total. The maximum Gasteiger partial charge on any atom is 0.326 e. The Balaban J connectivity index is 1.99. The summed E-state index contributed by atoms with van der Waals surface area (Å²) in [5.74, 6) is -1.95. The zero-order valence-corrected chi connectivity index (χ0v) is 14.9. The van der Waals surface area contributed by atoms with Gasteiger partial charge in [-0.15, -0.1) is 0 Å². The summed E-state index contributed by atoms with van der Waals surface area (Å²) in [6, 6.07) is 4.19. The van der Waals surface area contributed by atoms with Crippen LogP contribution in [0.5, 0.6) is 0 Å². The first-order valence-corrected chi connectivity index (χ1v) is 8.69. The molecule has 2 rings (SSSR count). The van der Waals surface area contributed by atoms with Gasteiger partial charge in [-0.25, -0.2) is 4.79 Å². The molecule has 7 heteroatoms. The number of carboxylic acids is 1. The van der Waals surface area contributed by atoms with Gasteiger partial charge < -0.3 is 15.2 Å². The predicted octanol–water partition coefficient (Wildman–Crippen LogP) is 3.17. The molecule has 3 atom stereocenters. The maximum atomic E-state index is 12.4. The number of hydrogen-bond donors (Lipinski definition) is 2. The van der Waals surface area contributed by atoms with Crippen molar-refractivity contribution in [3.05, 3.63) is 33.8 Å². The molecule has 1 aliphatic heterocycles. The van der Waals surface area contributed by atoms with E-state index < -0.39 is 17.9 Å². The molecule has 1 aromatic rings. The summed E-state index contributed by atoms with van der Waals surface area (Å²) in [5.41, 5.74) is 0.802. The predicted molar refractivity (Wildman–Crippen MR) is 92.4 cm³/mol.